The highest BCUT2D eigenvalue weighted by Crippen LogP contribution is 2.25. The molecule has 0 spiro atoms. The summed E-state index contributed by atoms with van der Waals surface area (Å²) >= 11 is 0. The van der Waals surface area contributed by atoms with Crippen LogP contribution in [0.1, 0.15) is 50.2 Å². The molecule has 0 N–H and O–H groups in total. The lowest BCUT2D eigenvalue weighted by molar-refractivity contribution is -0.149. The maximum atomic E-state index is 13.0. The number of amides is 2. The van der Waals surface area contributed by atoms with Gasteiger partial charge in [0.2, 0.25) is 5.91 Å². The molecule has 0 bridgehead atoms. The molecule has 7 nitrogen and oxygen atoms in total. The average molecular weight is 348 g/mol. The molecule has 2 fully saturated rings. The van der Waals surface area contributed by atoms with E-state index >= 15 is 0 Å². The van der Waals surface area contributed by atoms with Crippen molar-refractivity contribution in [2.45, 2.75) is 58.7 Å². The van der Waals surface area contributed by atoms with E-state index in [9.17, 15) is 9.59 Å². The molecule has 1 aromatic heterocycles. The van der Waals surface area contributed by atoms with E-state index in [1.54, 1.807) is 6.92 Å². The largest absolute Gasteiger partial charge is 0.374 e. The first kappa shape index (κ1) is 17.9. The summed E-state index contributed by atoms with van der Waals surface area (Å²) < 4.78 is 7.66. The fourth-order valence-corrected chi connectivity index (χ4v) is 3.63. The number of morpholine rings is 1. The molecule has 1 aromatic rings. The topological polar surface area (TPSA) is 67.7 Å². The number of likely N-dealkylation sites (tertiary alicyclic amines) is 1. The Balaban J connectivity index is 1.79. The monoisotopic (exact) mass is 348 g/mol. The van der Waals surface area contributed by atoms with Crippen molar-refractivity contribution in [3.05, 3.63) is 17.5 Å². The number of aryl methyl sites for hydroxylation is 1. The van der Waals surface area contributed by atoms with Gasteiger partial charge in [0.1, 0.15) is 0 Å². The number of ether oxygens (including phenoxy) is 1. The molecule has 7 heteroatoms. The smallest absolute Gasteiger partial charge is 0.257 e. The molecule has 0 radical (unpaired) electrons. The quantitative estimate of drug-likeness (QED) is 0.769. The zero-order valence-electron chi connectivity index (χ0n) is 15.8. The summed E-state index contributed by atoms with van der Waals surface area (Å²) in [6, 6.07) is -0.0538. The van der Waals surface area contributed by atoms with Crippen molar-refractivity contribution in [3.63, 3.8) is 0 Å². The Labute approximate surface area is 148 Å². The normalized spacial score (nSPS) is 24.2. The third kappa shape index (κ3) is 3.42. The van der Waals surface area contributed by atoms with Gasteiger partial charge < -0.3 is 14.5 Å². The minimum Gasteiger partial charge on any atom is -0.374 e. The summed E-state index contributed by atoms with van der Waals surface area (Å²) in [6.07, 6.45) is 2.62. The third-order valence-electron chi connectivity index (χ3n) is 5.09. The number of rotatable bonds is 1. The lowest BCUT2D eigenvalue weighted by Gasteiger charge is -2.46. The Hall–Kier alpha value is -1.89. The maximum Gasteiger partial charge on any atom is 0.257 e. The van der Waals surface area contributed by atoms with Gasteiger partial charge in [0, 0.05) is 32.8 Å². The van der Waals surface area contributed by atoms with Gasteiger partial charge in [0.05, 0.1) is 35.5 Å². The second-order valence-electron chi connectivity index (χ2n) is 7.97. The number of carbonyl (C=O) groups is 2. The zero-order valence-corrected chi connectivity index (χ0v) is 15.8. The Kier molecular flexibility index (Phi) is 4.62. The van der Waals surface area contributed by atoms with Crippen molar-refractivity contribution < 1.29 is 14.3 Å². The van der Waals surface area contributed by atoms with Crippen molar-refractivity contribution in [3.8, 4) is 0 Å². The molecular weight excluding hydrogens is 320 g/mol. The minimum atomic E-state index is -0.168. The standard InChI is InChI=1S/C18H28N4O3/c1-12-14(10-22(19-12)18(3,4)5)17(24)20-7-6-16-15(11-20)21(13(2)23)8-9-25-16/h10,15-16H,6-9,11H2,1-5H3. The van der Waals surface area contributed by atoms with Crippen LogP contribution in [-0.2, 0) is 15.1 Å². The molecule has 0 aliphatic carbocycles. The Bertz CT molecular complexity index is 676. The average Bonchev–Trinajstić information content (AvgIpc) is 2.95. The molecular formula is C18H28N4O3. The van der Waals surface area contributed by atoms with Crippen LogP contribution in [0.15, 0.2) is 6.20 Å². The lowest BCUT2D eigenvalue weighted by Crippen LogP contribution is -2.61. The molecule has 3 rings (SSSR count). The molecule has 2 amide bonds. The van der Waals surface area contributed by atoms with E-state index in [0.717, 1.165) is 12.1 Å². The number of fused-ring (bicyclic) bond motifs is 1. The fraction of sp³-hybridized carbons (Fsp3) is 0.722. The number of hydrogen-bond acceptors (Lipinski definition) is 4. The molecule has 2 unspecified atom stereocenters. The maximum absolute atomic E-state index is 13.0. The molecule has 138 valence electrons. The van der Waals surface area contributed by atoms with E-state index in [4.69, 9.17) is 4.74 Å². The van der Waals surface area contributed by atoms with Crippen LogP contribution in [0, 0.1) is 6.92 Å². The van der Waals surface area contributed by atoms with Crippen molar-refractivity contribution in [1.29, 1.82) is 0 Å². The summed E-state index contributed by atoms with van der Waals surface area (Å²) in [4.78, 5) is 28.6. The molecule has 0 saturated carbocycles. The van der Waals surface area contributed by atoms with Gasteiger partial charge in [0.25, 0.3) is 5.91 Å². The van der Waals surface area contributed by atoms with E-state index in [-0.39, 0.29) is 29.5 Å². The van der Waals surface area contributed by atoms with Gasteiger partial charge in [-0.25, -0.2) is 0 Å². The van der Waals surface area contributed by atoms with E-state index < -0.39 is 0 Å². The zero-order chi connectivity index (χ0) is 18.4. The highest BCUT2D eigenvalue weighted by Gasteiger charge is 2.40. The van der Waals surface area contributed by atoms with Crippen LogP contribution in [0.25, 0.3) is 0 Å². The number of carbonyl (C=O) groups excluding carboxylic acids is 2. The number of aromatic nitrogens is 2. The Morgan fingerprint density at radius 3 is 2.60 bits per heavy atom. The van der Waals surface area contributed by atoms with Gasteiger partial charge in [-0.1, -0.05) is 0 Å². The van der Waals surface area contributed by atoms with E-state index in [2.05, 4.69) is 25.9 Å². The first-order valence-electron chi connectivity index (χ1n) is 8.93. The lowest BCUT2D eigenvalue weighted by atomic mass is 9.98. The predicted octanol–water partition coefficient (Wildman–Crippen LogP) is 1.41. The van der Waals surface area contributed by atoms with Gasteiger partial charge >= 0.3 is 0 Å². The summed E-state index contributed by atoms with van der Waals surface area (Å²) in [7, 11) is 0. The molecule has 2 aliphatic rings. The SMILES string of the molecule is CC(=O)N1CCOC2CCN(C(=O)c3cn(C(C)(C)C)nc3C)CC21. The molecule has 25 heavy (non-hydrogen) atoms. The highest BCUT2D eigenvalue weighted by molar-refractivity contribution is 5.95. The van der Waals surface area contributed by atoms with Crippen LogP contribution in [0.5, 0.6) is 0 Å². The van der Waals surface area contributed by atoms with E-state index in [1.165, 1.54) is 0 Å². The summed E-state index contributed by atoms with van der Waals surface area (Å²) in [5.41, 5.74) is 1.21. The predicted molar refractivity (Wildman–Crippen MR) is 93.4 cm³/mol. The summed E-state index contributed by atoms with van der Waals surface area (Å²) in [6.45, 7) is 12.0. The van der Waals surface area contributed by atoms with E-state index in [0.29, 0.717) is 31.8 Å². The van der Waals surface area contributed by atoms with Crippen LogP contribution in [0.2, 0.25) is 0 Å². The van der Waals surface area contributed by atoms with Crippen molar-refractivity contribution in [2.75, 3.05) is 26.2 Å². The Morgan fingerprint density at radius 2 is 2.00 bits per heavy atom. The van der Waals surface area contributed by atoms with Crippen LogP contribution < -0.4 is 0 Å². The molecule has 2 aliphatic heterocycles. The van der Waals surface area contributed by atoms with Crippen molar-refractivity contribution in [2.24, 2.45) is 0 Å². The van der Waals surface area contributed by atoms with E-state index in [1.807, 2.05) is 27.6 Å². The molecule has 3 heterocycles. The number of hydrogen-bond donors (Lipinski definition) is 0. The van der Waals surface area contributed by atoms with Gasteiger partial charge in [-0.3, -0.25) is 14.3 Å². The second kappa shape index (κ2) is 6.44. The number of nitrogens with zero attached hydrogens (tertiary/aromatic N) is 4. The van der Waals surface area contributed by atoms with Gasteiger partial charge in [0.15, 0.2) is 0 Å². The summed E-state index contributed by atoms with van der Waals surface area (Å²) in [5, 5.41) is 4.50. The molecule has 2 saturated heterocycles. The molecule has 2 atom stereocenters. The van der Waals surface area contributed by atoms with Crippen molar-refractivity contribution in [1.82, 2.24) is 19.6 Å². The van der Waals surface area contributed by atoms with Gasteiger partial charge in [-0.15, -0.1) is 0 Å². The van der Waals surface area contributed by atoms with Crippen LogP contribution in [0.4, 0.5) is 0 Å². The first-order valence-corrected chi connectivity index (χ1v) is 8.93. The van der Waals surface area contributed by atoms with Crippen LogP contribution in [-0.4, -0.2) is 69.8 Å². The minimum absolute atomic E-state index is 0.0134. The molecule has 0 aromatic carbocycles. The number of piperidine rings is 1. The fourth-order valence-electron chi connectivity index (χ4n) is 3.63. The van der Waals surface area contributed by atoms with Crippen LogP contribution in [0.3, 0.4) is 0 Å². The van der Waals surface area contributed by atoms with Gasteiger partial charge in [-0.2, -0.15) is 5.10 Å². The highest BCUT2D eigenvalue weighted by atomic mass is 16.5. The Morgan fingerprint density at radius 1 is 1.28 bits per heavy atom. The van der Waals surface area contributed by atoms with Crippen molar-refractivity contribution >= 4 is 11.8 Å². The van der Waals surface area contributed by atoms with Gasteiger partial charge in [-0.05, 0) is 34.1 Å². The van der Waals surface area contributed by atoms with Crippen LogP contribution >= 0.6 is 0 Å². The first-order chi connectivity index (χ1) is 11.7. The summed E-state index contributed by atoms with van der Waals surface area (Å²) in [5.74, 6) is 0.0323. The second-order valence-corrected chi connectivity index (χ2v) is 7.97. The third-order valence-corrected chi connectivity index (χ3v) is 5.09.